The number of benzene rings is 1. The van der Waals surface area contributed by atoms with E-state index in [2.05, 4.69) is 5.32 Å². The lowest BCUT2D eigenvalue weighted by Gasteiger charge is -2.49. The van der Waals surface area contributed by atoms with Gasteiger partial charge in [-0.1, -0.05) is 35.3 Å². The Morgan fingerprint density at radius 2 is 1.89 bits per heavy atom. The Morgan fingerprint density at radius 1 is 1.26 bits per heavy atom. The normalized spacial score (nSPS) is 20.0. The zero-order valence-electron chi connectivity index (χ0n) is 17.4. The molecule has 2 aliphatic rings. The number of phenols is 1. The predicted molar refractivity (Wildman–Crippen MR) is 124 cm³/mol. The molecule has 0 saturated carbocycles. The van der Waals surface area contributed by atoms with Crippen LogP contribution in [-0.2, 0) is 23.9 Å². The number of carbonyl (C=O) groups is 5. The number of carbonyl (C=O) groups excluding carboxylic acids is 4. The van der Waals surface area contributed by atoms with Gasteiger partial charge in [-0.05, 0) is 17.7 Å². The standard InChI is InChI=1S/C19H17Cl3N4O8S/c20-13(21)16(30)26(22)19(33)34-5-8-6-35-17-11(15(29)25(17)12(8)18(31)32)24-14(28)10(23)7-1-3-9(27)4-2-7/h1-4,10-11,13,17,27H,5-6,23H2,(H,24,28)(H,31,32)/t10?,11?,17-/m0/s1. The lowest BCUT2D eigenvalue weighted by atomic mass is 10.0. The van der Waals surface area contributed by atoms with Crippen LogP contribution in [0.2, 0.25) is 0 Å². The van der Waals surface area contributed by atoms with E-state index >= 15 is 0 Å². The summed E-state index contributed by atoms with van der Waals surface area (Å²) in [4.78, 5) is 59.9. The Kier molecular flexibility index (Phi) is 8.38. The number of halogens is 3. The molecule has 5 N–H and O–H groups in total. The van der Waals surface area contributed by atoms with Crippen LogP contribution in [0.3, 0.4) is 0 Å². The minimum atomic E-state index is -1.62. The molecule has 2 heterocycles. The molecule has 2 unspecified atom stereocenters. The van der Waals surface area contributed by atoms with E-state index in [1.54, 1.807) is 0 Å². The summed E-state index contributed by atoms with van der Waals surface area (Å²) in [5.41, 5.74) is 5.98. The highest BCUT2D eigenvalue weighted by atomic mass is 35.5. The zero-order chi connectivity index (χ0) is 26.0. The number of imide groups is 1. The molecule has 1 saturated heterocycles. The molecule has 3 atom stereocenters. The number of β-lactam (4-membered cyclic amide) rings is 1. The third kappa shape index (κ3) is 5.59. The fourth-order valence-corrected chi connectivity index (χ4v) is 5.02. The molecule has 1 aromatic carbocycles. The summed E-state index contributed by atoms with van der Waals surface area (Å²) in [7, 11) is 0. The monoisotopic (exact) mass is 566 g/mol. The number of nitrogens with one attached hydrogen (secondary N) is 1. The number of carboxylic acid groups (broad SMARTS) is 1. The van der Waals surface area contributed by atoms with Gasteiger partial charge in [-0.25, -0.2) is 9.59 Å². The fraction of sp³-hybridized carbons (Fsp3) is 0.316. The van der Waals surface area contributed by atoms with E-state index in [1.165, 1.54) is 24.3 Å². The van der Waals surface area contributed by atoms with Crippen molar-refractivity contribution in [3.05, 3.63) is 41.1 Å². The molecule has 1 aromatic rings. The third-order valence-corrected chi connectivity index (χ3v) is 7.01. The number of phenolic OH excluding ortho intramolecular Hbond substituents is 1. The largest absolute Gasteiger partial charge is 0.508 e. The second-order valence-corrected chi connectivity index (χ2v) is 9.74. The summed E-state index contributed by atoms with van der Waals surface area (Å²) >= 11 is 17.3. The van der Waals surface area contributed by atoms with E-state index in [1.807, 2.05) is 0 Å². The number of rotatable bonds is 7. The Morgan fingerprint density at radius 3 is 2.46 bits per heavy atom. The van der Waals surface area contributed by atoms with Gasteiger partial charge in [-0.15, -0.1) is 11.8 Å². The molecule has 0 radical (unpaired) electrons. The Balaban J connectivity index is 1.68. The predicted octanol–water partition coefficient (Wildman–Crippen LogP) is 1.05. The number of alkyl halides is 2. The number of nitrogens with zero attached hydrogens (tertiary/aromatic N) is 2. The number of thioether (sulfide) groups is 1. The van der Waals surface area contributed by atoms with E-state index in [4.69, 9.17) is 45.4 Å². The van der Waals surface area contributed by atoms with Gasteiger partial charge in [0.15, 0.2) is 4.84 Å². The highest BCUT2D eigenvalue weighted by molar-refractivity contribution is 8.00. The minimum absolute atomic E-state index is 0.00751. The summed E-state index contributed by atoms with van der Waals surface area (Å²) in [6, 6.07) is 3.47. The van der Waals surface area contributed by atoms with Gasteiger partial charge in [0.1, 0.15) is 35.5 Å². The summed E-state index contributed by atoms with van der Waals surface area (Å²) < 4.78 is 4.87. The molecule has 3 rings (SSSR count). The first-order chi connectivity index (χ1) is 16.4. The van der Waals surface area contributed by atoms with Gasteiger partial charge in [0.05, 0.1) is 0 Å². The molecule has 35 heavy (non-hydrogen) atoms. The molecule has 12 nitrogen and oxygen atoms in total. The van der Waals surface area contributed by atoms with Crippen molar-refractivity contribution in [2.45, 2.75) is 22.3 Å². The van der Waals surface area contributed by atoms with Crippen LogP contribution in [0.15, 0.2) is 35.5 Å². The van der Waals surface area contributed by atoms with Gasteiger partial charge in [0.2, 0.25) is 5.91 Å². The highest BCUT2D eigenvalue weighted by Crippen LogP contribution is 2.40. The molecule has 2 aliphatic heterocycles. The molecule has 4 amide bonds. The van der Waals surface area contributed by atoms with Crippen molar-refractivity contribution >= 4 is 76.5 Å². The van der Waals surface area contributed by atoms with Crippen molar-refractivity contribution in [1.82, 2.24) is 14.6 Å². The van der Waals surface area contributed by atoms with Gasteiger partial charge in [0, 0.05) is 23.1 Å². The van der Waals surface area contributed by atoms with Gasteiger partial charge in [0.25, 0.3) is 11.8 Å². The van der Waals surface area contributed by atoms with Gasteiger partial charge >= 0.3 is 12.1 Å². The summed E-state index contributed by atoms with van der Waals surface area (Å²) in [6.45, 7) is -0.585. The van der Waals surface area contributed by atoms with E-state index < -0.39 is 64.4 Å². The number of aliphatic carboxylic acids is 1. The molecular weight excluding hydrogens is 551 g/mol. The first-order valence-electron chi connectivity index (χ1n) is 9.63. The average molecular weight is 568 g/mol. The number of carboxylic acids is 1. The molecular formula is C19H17Cl3N4O8S. The second kappa shape index (κ2) is 10.9. The molecule has 0 bridgehead atoms. The number of ether oxygens (including phenoxy) is 1. The van der Waals surface area contributed by atoms with Crippen LogP contribution in [0.1, 0.15) is 11.6 Å². The topological polar surface area (TPSA) is 180 Å². The number of fused-ring (bicyclic) bond motifs is 1. The van der Waals surface area contributed by atoms with E-state index in [-0.39, 0.29) is 21.5 Å². The second-order valence-electron chi connectivity index (χ2n) is 7.20. The van der Waals surface area contributed by atoms with Crippen molar-refractivity contribution in [2.24, 2.45) is 5.73 Å². The smallest absolute Gasteiger partial charge is 0.432 e. The highest BCUT2D eigenvalue weighted by Gasteiger charge is 2.54. The van der Waals surface area contributed by atoms with Crippen molar-refractivity contribution < 1.29 is 38.9 Å². The maximum Gasteiger partial charge on any atom is 0.432 e. The van der Waals surface area contributed by atoms with Gasteiger partial charge in [-0.2, -0.15) is 4.42 Å². The van der Waals surface area contributed by atoms with Crippen molar-refractivity contribution in [3.63, 3.8) is 0 Å². The third-order valence-electron chi connectivity index (χ3n) is 4.99. The lowest BCUT2D eigenvalue weighted by Crippen LogP contribution is -2.71. The Hall–Kier alpha value is -2.71. The molecule has 0 aromatic heterocycles. The maximum atomic E-state index is 12.7. The van der Waals surface area contributed by atoms with Crippen molar-refractivity contribution in [2.75, 3.05) is 12.4 Å². The Bertz CT molecular complexity index is 1100. The van der Waals surface area contributed by atoms with Gasteiger partial charge < -0.3 is 26.0 Å². The van der Waals surface area contributed by atoms with E-state index in [9.17, 15) is 34.2 Å². The van der Waals surface area contributed by atoms with E-state index in [0.717, 1.165) is 16.7 Å². The van der Waals surface area contributed by atoms with Crippen LogP contribution in [0, 0.1) is 0 Å². The van der Waals surface area contributed by atoms with Crippen LogP contribution in [0.5, 0.6) is 5.75 Å². The number of nitrogens with two attached hydrogens (primary N) is 1. The number of aromatic hydroxyl groups is 1. The zero-order valence-corrected chi connectivity index (χ0v) is 20.5. The Labute approximate surface area is 217 Å². The van der Waals surface area contributed by atoms with Crippen LogP contribution in [0.25, 0.3) is 0 Å². The minimum Gasteiger partial charge on any atom is -0.508 e. The van der Waals surface area contributed by atoms with Crippen LogP contribution < -0.4 is 11.1 Å². The molecule has 0 aliphatic carbocycles. The summed E-state index contributed by atoms with van der Waals surface area (Å²) in [6.07, 6.45) is -1.34. The molecule has 1 fully saturated rings. The van der Waals surface area contributed by atoms with Gasteiger partial charge in [-0.3, -0.25) is 19.3 Å². The number of hydrogen-bond acceptors (Lipinski definition) is 9. The average Bonchev–Trinajstić information content (AvgIpc) is 2.83. The van der Waals surface area contributed by atoms with Crippen LogP contribution in [0.4, 0.5) is 4.79 Å². The summed E-state index contributed by atoms with van der Waals surface area (Å²) in [5.74, 6) is -3.96. The van der Waals surface area contributed by atoms with Crippen molar-refractivity contribution in [1.29, 1.82) is 0 Å². The lowest BCUT2D eigenvalue weighted by molar-refractivity contribution is -0.151. The molecule has 188 valence electrons. The first kappa shape index (κ1) is 26.9. The quantitative estimate of drug-likeness (QED) is 0.211. The molecule has 0 spiro atoms. The molecule has 16 heteroatoms. The number of amides is 4. The van der Waals surface area contributed by atoms with E-state index in [0.29, 0.717) is 5.56 Å². The van der Waals surface area contributed by atoms with Crippen LogP contribution >= 0.6 is 46.7 Å². The fourth-order valence-electron chi connectivity index (χ4n) is 3.25. The van der Waals surface area contributed by atoms with Crippen LogP contribution in [-0.4, -0.2) is 77.9 Å². The number of hydrogen-bond donors (Lipinski definition) is 4. The summed E-state index contributed by atoms with van der Waals surface area (Å²) in [5, 5.41) is 20.8. The maximum absolute atomic E-state index is 12.7. The SMILES string of the molecule is NC(C(=O)NC1C(=O)N2C(C(=O)O)=C(COC(=O)N(Cl)C(=O)C(Cl)Cl)CS[C@@H]12)c1ccc(O)cc1. The first-order valence-corrected chi connectivity index (χ1v) is 11.9. The van der Waals surface area contributed by atoms with Crippen molar-refractivity contribution in [3.8, 4) is 5.75 Å².